The Labute approximate surface area is 184 Å². The predicted octanol–water partition coefficient (Wildman–Crippen LogP) is 3.04. The van der Waals surface area contributed by atoms with Crippen molar-refractivity contribution >= 4 is 46.5 Å². The second-order valence-corrected chi connectivity index (χ2v) is 7.25. The fourth-order valence-corrected chi connectivity index (χ4v) is 3.78. The molecule has 8 nitrogen and oxygen atoms in total. The number of carbonyl (C=O) groups excluding carboxylic acids is 4. The first-order valence-electron chi connectivity index (χ1n) is 10.1. The fraction of sp³-hybridized carbons (Fsp3) is 0.167. The molecule has 162 valence electrons. The Hall–Kier alpha value is -4.20. The lowest BCUT2D eigenvalue weighted by molar-refractivity contribution is -0.141. The topological polar surface area (TPSA) is 97.7 Å². The van der Waals surface area contributed by atoms with Crippen LogP contribution in [-0.2, 0) is 32.1 Å². The minimum atomic E-state index is -0.786. The number of esters is 1. The first-order chi connectivity index (χ1) is 15.4. The minimum absolute atomic E-state index is 0.0190. The largest absolute Gasteiger partial charge is 0.468 e. The normalized spacial score (nSPS) is 15.4. The van der Waals surface area contributed by atoms with Gasteiger partial charge in [0.1, 0.15) is 12.1 Å². The van der Waals surface area contributed by atoms with Gasteiger partial charge in [-0.1, -0.05) is 43.3 Å². The molecule has 2 heterocycles. The van der Waals surface area contributed by atoms with E-state index in [1.165, 1.54) is 13.2 Å². The molecule has 2 aromatic carbocycles. The number of hydrogen-bond donors (Lipinski definition) is 1. The number of aryl methyl sites for hydroxylation is 1. The fourth-order valence-electron chi connectivity index (χ4n) is 3.78. The van der Waals surface area contributed by atoms with E-state index < -0.39 is 23.8 Å². The van der Waals surface area contributed by atoms with Crippen molar-refractivity contribution in [3.05, 3.63) is 71.4 Å². The smallest absolute Gasteiger partial charge is 0.335 e. The molecule has 4 amide bonds. The summed E-state index contributed by atoms with van der Waals surface area (Å²) in [6, 6.07) is 13.6. The zero-order chi connectivity index (χ0) is 22.8. The molecule has 1 aromatic heterocycles. The molecule has 0 saturated carbocycles. The zero-order valence-corrected chi connectivity index (χ0v) is 17.6. The first-order valence-corrected chi connectivity index (χ1v) is 10.1. The first kappa shape index (κ1) is 21.0. The highest BCUT2D eigenvalue weighted by Gasteiger charge is 2.37. The molecule has 0 aliphatic carbocycles. The van der Waals surface area contributed by atoms with Crippen molar-refractivity contribution in [2.24, 2.45) is 0 Å². The second kappa shape index (κ2) is 8.50. The van der Waals surface area contributed by atoms with E-state index in [0.29, 0.717) is 17.7 Å². The highest BCUT2D eigenvalue weighted by Crippen LogP contribution is 2.28. The van der Waals surface area contributed by atoms with Gasteiger partial charge in [0, 0.05) is 22.7 Å². The Morgan fingerprint density at radius 2 is 1.78 bits per heavy atom. The second-order valence-electron chi connectivity index (χ2n) is 7.25. The number of ether oxygens (including phenoxy) is 1. The van der Waals surface area contributed by atoms with Gasteiger partial charge in [-0.15, -0.1) is 0 Å². The van der Waals surface area contributed by atoms with E-state index in [9.17, 15) is 19.2 Å². The SMILES string of the molecule is CCc1ccccc1N1C(=O)NC(=O)/C(=C/c2cn(CC(=O)OC)c3ccccc23)C1=O. The third-order valence-electron chi connectivity index (χ3n) is 5.36. The summed E-state index contributed by atoms with van der Waals surface area (Å²) in [5.74, 6) is -1.90. The van der Waals surface area contributed by atoms with E-state index in [1.807, 2.05) is 43.3 Å². The number of rotatable bonds is 5. The molecule has 0 atom stereocenters. The number of nitrogens with one attached hydrogen (secondary N) is 1. The summed E-state index contributed by atoms with van der Waals surface area (Å²) >= 11 is 0. The van der Waals surface area contributed by atoms with Crippen LogP contribution in [0.3, 0.4) is 0 Å². The highest BCUT2D eigenvalue weighted by molar-refractivity contribution is 6.39. The molecule has 0 bridgehead atoms. The third kappa shape index (κ3) is 3.66. The molecule has 1 aliphatic rings. The van der Waals surface area contributed by atoms with Gasteiger partial charge in [-0.3, -0.25) is 19.7 Å². The van der Waals surface area contributed by atoms with E-state index in [1.54, 1.807) is 22.9 Å². The molecule has 1 aliphatic heterocycles. The zero-order valence-electron chi connectivity index (χ0n) is 17.6. The van der Waals surface area contributed by atoms with Crippen LogP contribution in [0.15, 0.2) is 60.3 Å². The predicted molar refractivity (Wildman–Crippen MR) is 119 cm³/mol. The number of methoxy groups -OCH3 is 1. The minimum Gasteiger partial charge on any atom is -0.468 e. The number of anilines is 1. The lowest BCUT2D eigenvalue weighted by atomic mass is 10.0. The molecule has 8 heteroatoms. The molecule has 0 spiro atoms. The van der Waals surface area contributed by atoms with Crippen LogP contribution in [0, 0.1) is 0 Å². The van der Waals surface area contributed by atoms with Gasteiger partial charge in [-0.05, 0) is 30.2 Å². The van der Waals surface area contributed by atoms with Crippen LogP contribution in [-0.4, -0.2) is 35.5 Å². The summed E-state index contributed by atoms with van der Waals surface area (Å²) in [6.07, 6.45) is 3.74. The Bertz CT molecular complexity index is 1290. The molecule has 1 N–H and O–H groups in total. The average molecular weight is 431 g/mol. The molecule has 0 radical (unpaired) electrons. The Morgan fingerprint density at radius 3 is 2.53 bits per heavy atom. The molecule has 32 heavy (non-hydrogen) atoms. The number of imide groups is 2. The van der Waals surface area contributed by atoms with Crippen molar-refractivity contribution < 1.29 is 23.9 Å². The van der Waals surface area contributed by atoms with Crippen LogP contribution >= 0.6 is 0 Å². The maximum atomic E-state index is 13.3. The van der Waals surface area contributed by atoms with Crippen molar-refractivity contribution in [3.63, 3.8) is 0 Å². The summed E-state index contributed by atoms with van der Waals surface area (Å²) < 4.78 is 6.44. The number of aromatic nitrogens is 1. The van der Waals surface area contributed by atoms with E-state index in [4.69, 9.17) is 4.74 Å². The van der Waals surface area contributed by atoms with E-state index in [0.717, 1.165) is 21.4 Å². The Balaban J connectivity index is 1.81. The molecule has 1 saturated heterocycles. The Morgan fingerprint density at radius 1 is 1.06 bits per heavy atom. The highest BCUT2D eigenvalue weighted by atomic mass is 16.5. The number of urea groups is 1. The van der Waals surface area contributed by atoms with Gasteiger partial charge in [0.2, 0.25) is 0 Å². The number of amides is 4. The van der Waals surface area contributed by atoms with Gasteiger partial charge in [0.05, 0.1) is 12.8 Å². The van der Waals surface area contributed by atoms with Crippen LogP contribution in [0.2, 0.25) is 0 Å². The number of benzene rings is 2. The molecular formula is C24H21N3O5. The van der Waals surface area contributed by atoms with Gasteiger partial charge < -0.3 is 9.30 Å². The summed E-state index contributed by atoms with van der Waals surface area (Å²) in [5.41, 5.74) is 2.39. The van der Waals surface area contributed by atoms with Gasteiger partial charge in [0.25, 0.3) is 11.8 Å². The van der Waals surface area contributed by atoms with Crippen LogP contribution in [0.25, 0.3) is 17.0 Å². The van der Waals surface area contributed by atoms with Crippen molar-refractivity contribution in [2.45, 2.75) is 19.9 Å². The van der Waals surface area contributed by atoms with Gasteiger partial charge in [0.15, 0.2) is 0 Å². The van der Waals surface area contributed by atoms with Crippen molar-refractivity contribution in [1.82, 2.24) is 9.88 Å². The number of fused-ring (bicyclic) bond motifs is 1. The standard InChI is InChI=1S/C24H21N3O5/c1-3-15-8-4-6-10-19(15)27-23(30)18(22(29)25-24(27)31)12-16-13-26(14-21(28)32-2)20-11-7-5-9-17(16)20/h4-13H,3,14H2,1-2H3,(H,25,29,31)/b18-12-. The third-order valence-corrected chi connectivity index (χ3v) is 5.36. The molecule has 3 aromatic rings. The molecule has 0 unspecified atom stereocenters. The van der Waals surface area contributed by atoms with Gasteiger partial charge in [-0.2, -0.15) is 0 Å². The van der Waals surface area contributed by atoms with Crippen LogP contribution in [0.1, 0.15) is 18.1 Å². The number of carbonyl (C=O) groups is 4. The number of hydrogen-bond acceptors (Lipinski definition) is 5. The summed E-state index contributed by atoms with van der Waals surface area (Å²) in [7, 11) is 1.31. The lowest BCUT2D eigenvalue weighted by Gasteiger charge is -2.27. The van der Waals surface area contributed by atoms with Gasteiger partial charge >= 0.3 is 12.0 Å². The van der Waals surface area contributed by atoms with E-state index >= 15 is 0 Å². The molecule has 4 rings (SSSR count). The number of para-hydroxylation sites is 2. The average Bonchev–Trinajstić information content (AvgIpc) is 3.14. The maximum Gasteiger partial charge on any atom is 0.335 e. The monoisotopic (exact) mass is 431 g/mol. The van der Waals surface area contributed by atoms with E-state index in [-0.39, 0.29) is 12.1 Å². The van der Waals surface area contributed by atoms with Crippen molar-refractivity contribution in [2.75, 3.05) is 12.0 Å². The summed E-state index contributed by atoms with van der Waals surface area (Å²) in [6.45, 7) is 1.90. The molecule has 1 fully saturated rings. The quantitative estimate of drug-likeness (QED) is 0.380. The van der Waals surface area contributed by atoms with Crippen molar-refractivity contribution in [3.8, 4) is 0 Å². The van der Waals surface area contributed by atoms with E-state index in [2.05, 4.69) is 5.32 Å². The maximum absolute atomic E-state index is 13.3. The number of barbiturate groups is 1. The lowest BCUT2D eigenvalue weighted by Crippen LogP contribution is -2.54. The van der Waals surface area contributed by atoms with Crippen molar-refractivity contribution in [1.29, 1.82) is 0 Å². The van der Waals surface area contributed by atoms with Crippen LogP contribution in [0.4, 0.5) is 10.5 Å². The molecular weight excluding hydrogens is 410 g/mol. The van der Waals surface area contributed by atoms with Crippen LogP contribution < -0.4 is 10.2 Å². The van der Waals surface area contributed by atoms with Crippen LogP contribution in [0.5, 0.6) is 0 Å². The number of nitrogens with zero attached hydrogens (tertiary/aromatic N) is 2. The Kier molecular flexibility index (Phi) is 5.59. The summed E-state index contributed by atoms with van der Waals surface area (Å²) in [5, 5.41) is 3.01. The van der Waals surface area contributed by atoms with Gasteiger partial charge in [-0.25, -0.2) is 9.69 Å². The summed E-state index contributed by atoms with van der Waals surface area (Å²) in [4.78, 5) is 51.2.